The lowest BCUT2D eigenvalue weighted by molar-refractivity contribution is -0.192. The number of nitrogens with one attached hydrogen (secondary N) is 1. The Hall–Kier alpha value is -3.50. The smallest absolute Gasteiger partial charge is 0.475 e. The molecule has 1 aromatic carbocycles. The summed E-state index contributed by atoms with van der Waals surface area (Å²) in [7, 11) is 0. The van der Waals surface area contributed by atoms with Crippen molar-refractivity contribution in [2.75, 3.05) is 13.1 Å². The van der Waals surface area contributed by atoms with Crippen molar-refractivity contribution in [3.63, 3.8) is 0 Å². The Balaban J connectivity index is 0.000000383. The molecule has 1 aromatic heterocycles. The van der Waals surface area contributed by atoms with Crippen LogP contribution in [0.4, 0.5) is 17.6 Å². The Kier molecular flexibility index (Phi) is 6.99. The molecule has 1 unspecified atom stereocenters. The number of carbonyl (C=O) groups is 3. The summed E-state index contributed by atoms with van der Waals surface area (Å²) in [5.74, 6) is -3.52. The molecule has 2 saturated heterocycles. The molecule has 2 aliphatic rings. The van der Waals surface area contributed by atoms with E-state index in [0.29, 0.717) is 32.4 Å². The van der Waals surface area contributed by atoms with Crippen molar-refractivity contribution in [3.05, 3.63) is 65.7 Å². The van der Waals surface area contributed by atoms with Gasteiger partial charge in [0.05, 0.1) is 17.3 Å². The van der Waals surface area contributed by atoms with Crippen molar-refractivity contribution in [1.82, 2.24) is 15.2 Å². The van der Waals surface area contributed by atoms with Crippen LogP contribution >= 0.6 is 0 Å². The molecule has 2 amide bonds. The lowest BCUT2D eigenvalue weighted by Crippen LogP contribution is -2.54. The van der Waals surface area contributed by atoms with Crippen molar-refractivity contribution in [2.45, 2.75) is 36.9 Å². The van der Waals surface area contributed by atoms with Gasteiger partial charge in [0.2, 0.25) is 5.91 Å². The minimum Gasteiger partial charge on any atom is -0.475 e. The van der Waals surface area contributed by atoms with Crippen LogP contribution in [0.1, 0.15) is 41.1 Å². The average molecular weight is 467 g/mol. The number of carboxylic acid groups (broad SMARTS) is 1. The first kappa shape index (κ1) is 24.1. The summed E-state index contributed by atoms with van der Waals surface area (Å²) in [6.45, 7) is 0.981. The van der Waals surface area contributed by atoms with Crippen LogP contribution in [-0.4, -0.2) is 57.6 Å². The first-order chi connectivity index (χ1) is 15.5. The number of alkyl halides is 3. The third kappa shape index (κ3) is 5.47. The molecule has 3 heterocycles. The summed E-state index contributed by atoms with van der Waals surface area (Å²) in [4.78, 5) is 39.0. The molecule has 7 nitrogen and oxygen atoms in total. The van der Waals surface area contributed by atoms with Crippen LogP contribution in [0.25, 0.3) is 0 Å². The molecule has 2 aromatic rings. The van der Waals surface area contributed by atoms with E-state index in [2.05, 4.69) is 22.4 Å². The lowest BCUT2D eigenvalue weighted by Gasteiger charge is -2.43. The number of aromatic nitrogens is 1. The fourth-order valence-corrected chi connectivity index (χ4v) is 4.22. The van der Waals surface area contributed by atoms with Crippen LogP contribution in [-0.2, 0) is 9.59 Å². The van der Waals surface area contributed by atoms with Crippen LogP contribution in [0.2, 0.25) is 0 Å². The molecular formula is C22H21F4N3O4. The van der Waals surface area contributed by atoms with Gasteiger partial charge in [0, 0.05) is 31.6 Å². The van der Waals surface area contributed by atoms with Gasteiger partial charge in [-0.05, 0) is 24.5 Å². The number of rotatable bonds is 2. The third-order valence-electron chi connectivity index (χ3n) is 5.84. The zero-order valence-corrected chi connectivity index (χ0v) is 17.3. The molecule has 0 bridgehead atoms. The number of halogens is 4. The van der Waals surface area contributed by atoms with E-state index in [1.54, 1.807) is 4.90 Å². The van der Waals surface area contributed by atoms with Crippen molar-refractivity contribution >= 4 is 17.8 Å². The largest absolute Gasteiger partial charge is 0.490 e. The number of aliphatic carboxylic acids is 1. The molecule has 176 valence electrons. The zero-order valence-electron chi connectivity index (χ0n) is 17.3. The van der Waals surface area contributed by atoms with Gasteiger partial charge < -0.3 is 15.3 Å². The van der Waals surface area contributed by atoms with Crippen molar-refractivity contribution < 1.29 is 37.1 Å². The molecule has 2 aliphatic heterocycles. The average Bonchev–Trinajstić information content (AvgIpc) is 3.10. The van der Waals surface area contributed by atoms with Gasteiger partial charge in [-0.25, -0.2) is 9.18 Å². The van der Waals surface area contributed by atoms with E-state index in [4.69, 9.17) is 9.90 Å². The van der Waals surface area contributed by atoms with Crippen LogP contribution < -0.4 is 5.32 Å². The van der Waals surface area contributed by atoms with Gasteiger partial charge in [-0.3, -0.25) is 14.6 Å². The highest BCUT2D eigenvalue weighted by Crippen LogP contribution is 2.43. The number of carboxylic acids is 1. The SMILES string of the molecule is O=C(O)C(F)(F)F.O=C1CC(c2ccccc2)C2(CCN(C(=O)c3ccncc3F)CC2)N1. The highest BCUT2D eigenvalue weighted by atomic mass is 19.4. The molecule has 2 N–H and O–H groups in total. The van der Waals surface area contributed by atoms with E-state index in [0.717, 1.165) is 11.8 Å². The summed E-state index contributed by atoms with van der Waals surface area (Å²) >= 11 is 0. The molecule has 0 aliphatic carbocycles. The van der Waals surface area contributed by atoms with Gasteiger partial charge in [-0.1, -0.05) is 30.3 Å². The van der Waals surface area contributed by atoms with E-state index in [9.17, 15) is 27.2 Å². The van der Waals surface area contributed by atoms with Crippen LogP contribution in [0, 0.1) is 5.82 Å². The van der Waals surface area contributed by atoms with Gasteiger partial charge in [-0.2, -0.15) is 13.2 Å². The number of likely N-dealkylation sites (tertiary alicyclic amines) is 1. The summed E-state index contributed by atoms with van der Waals surface area (Å²) in [5.41, 5.74) is 0.864. The first-order valence-electron chi connectivity index (χ1n) is 10.1. The summed E-state index contributed by atoms with van der Waals surface area (Å²) < 4.78 is 45.6. The summed E-state index contributed by atoms with van der Waals surface area (Å²) in [6.07, 6.45) is -0.809. The van der Waals surface area contributed by atoms with Crippen molar-refractivity contribution in [3.8, 4) is 0 Å². The standard InChI is InChI=1S/C20H20FN3O2.C2HF3O2/c21-17-13-22-9-6-15(17)19(26)24-10-7-20(8-11-24)16(12-18(25)23-20)14-4-2-1-3-5-14;3-2(4,5)1(6)7/h1-6,9,13,16H,7-8,10-12H2,(H,23,25);(H,6,7). The van der Waals surface area contributed by atoms with Crippen LogP contribution in [0.15, 0.2) is 48.8 Å². The maximum atomic E-state index is 13.9. The van der Waals surface area contributed by atoms with Crippen molar-refractivity contribution in [1.29, 1.82) is 0 Å². The molecule has 33 heavy (non-hydrogen) atoms. The normalized spacial score (nSPS) is 19.5. The Morgan fingerprint density at radius 3 is 2.27 bits per heavy atom. The van der Waals surface area contributed by atoms with Crippen LogP contribution in [0.5, 0.6) is 0 Å². The third-order valence-corrected chi connectivity index (χ3v) is 5.84. The molecule has 1 spiro atoms. The maximum absolute atomic E-state index is 13.9. The predicted octanol–water partition coefficient (Wildman–Crippen LogP) is 3.13. The van der Waals surface area contributed by atoms with E-state index in [1.165, 1.54) is 12.3 Å². The molecular weight excluding hydrogens is 446 g/mol. The van der Waals surface area contributed by atoms with Gasteiger partial charge in [0.15, 0.2) is 5.82 Å². The fraction of sp³-hybridized carbons (Fsp3) is 0.364. The van der Waals surface area contributed by atoms with Gasteiger partial charge in [-0.15, -0.1) is 0 Å². The highest BCUT2D eigenvalue weighted by molar-refractivity contribution is 5.94. The van der Waals surface area contributed by atoms with Crippen LogP contribution in [0.3, 0.4) is 0 Å². The van der Waals surface area contributed by atoms with E-state index in [-0.39, 0.29) is 28.8 Å². The lowest BCUT2D eigenvalue weighted by atomic mass is 9.74. The van der Waals surface area contributed by atoms with Gasteiger partial charge in [0.25, 0.3) is 5.91 Å². The minimum atomic E-state index is -5.08. The second-order valence-corrected chi connectivity index (χ2v) is 7.82. The summed E-state index contributed by atoms with van der Waals surface area (Å²) in [5, 5.41) is 10.3. The molecule has 0 radical (unpaired) electrons. The molecule has 11 heteroatoms. The molecule has 4 rings (SSSR count). The van der Waals surface area contributed by atoms with E-state index < -0.39 is 18.0 Å². The Morgan fingerprint density at radius 2 is 1.73 bits per heavy atom. The second-order valence-electron chi connectivity index (χ2n) is 7.82. The second kappa shape index (κ2) is 9.55. The van der Waals surface area contributed by atoms with E-state index in [1.807, 2.05) is 18.2 Å². The highest BCUT2D eigenvalue weighted by Gasteiger charge is 2.49. The number of hydrogen-bond donors (Lipinski definition) is 2. The maximum Gasteiger partial charge on any atom is 0.490 e. The van der Waals surface area contributed by atoms with Gasteiger partial charge in [0.1, 0.15) is 0 Å². The van der Waals surface area contributed by atoms with Crippen molar-refractivity contribution in [2.24, 2.45) is 0 Å². The number of hydrogen-bond acceptors (Lipinski definition) is 4. The number of benzene rings is 1. The monoisotopic (exact) mass is 467 g/mol. The minimum absolute atomic E-state index is 0.0472. The number of nitrogens with zero attached hydrogens (tertiary/aromatic N) is 2. The summed E-state index contributed by atoms with van der Waals surface area (Å²) in [6, 6.07) is 11.4. The Morgan fingerprint density at radius 1 is 1.12 bits per heavy atom. The number of piperidine rings is 1. The Bertz CT molecular complexity index is 1020. The van der Waals surface area contributed by atoms with E-state index >= 15 is 0 Å². The molecule has 2 fully saturated rings. The number of amides is 2. The molecule has 0 saturated carbocycles. The fourth-order valence-electron chi connectivity index (χ4n) is 4.22. The topological polar surface area (TPSA) is 99.6 Å². The quantitative estimate of drug-likeness (QED) is 0.662. The van der Waals surface area contributed by atoms with Gasteiger partial charge >= 0.3 is 12.1 Å². The number of carbonyl (C=O) groups excluding carboxylic acids is 2. The zero-order chi connectivity index (χ0) is 24.2. The molecule has 1 atom stereocenters. The first-order valence-corrected chi connectivity index (χ1v) is 10.1. The number of pyridine rings is 1. The predicted molar refractivity (Wildman–Crippen MR) is 108 cm³/mol. The Labute approximate surface area is 186 Å².